The number of aliphatic carboxylic acids is 1. The molecule has 0 saturated carbocycles. The molecule has 5 nitrogen and oxygen atoms in total. The van der Waals surface area contributed by atoms with E-state index in [0.29, 0.717) is 0 Å². The average molecular weight is 228 g/mol. The summed E-state index contributed by atoms with van der Waals surface area (Å²) in [5.74, 6) is -1.17. The predicted octanol–water partition coefficient (Wildman–Crippen LogP) is 0.389. The Hall–Kier alpha value is -1.48. The molecule has 82 valence electrons. The summed E-state index contributed by atoms with van der Waals surface area (Å²) in [5, 5.41) is 19.3. The maximum absolute atomic E-state index is 11.2. The summed E-state index contributed by atoms with van der Waals surface area (Å²) in [4.78, 5) is 21.8. The monoisotopic (exact) mass is 228 g/mol. The van der Waals surface area contributed by atoms with Gasteiger partial charge in [0.25, 0.3) is 0 Å². The van der Waals surface area contributed by atoms with Crippen molar-refractivity contribution in [3.63, 3.8) is 0 Å². The average Bonchev–Trinajstić information content (AvgIpc) is 2.17. The molecule has 0 saturated heterocycles. The SMILES string of the molecule is C=CCC(NC(=O)CSCC#N)C(=O)O. The quantitative estimate of drug-likeness (QED) is 0.486. The summed E-state index contributed by atoms with van der Waals surface area (Å²) >= 11 is 1.14. The van der Waals surface area contributed by atoms with Crippen molar-refractivity contribution in [2.45, 2.75) is 12.5 Å². The van der Waals surface area contributed by atoms with Gasteiger partial charge in [-0.1, -0.05) is 6.08 Å². The van der Waals surface area contributed by atoms with E-state index in [1.165, 1.54) is 6.08 Å². The van der Waals surface area contributed by atoms with Gasteiger partial charge in [0.15, 0.2) is 0 Å². The van der Waals surface area contributed by atoms with Gasteiger partial charge in [-0.3, -0.25) is 4.79 Å². The van der Waals surface area contributed by atoms with Crippen molar-refractivity contribution in [2.24, 2.45) is 0 Å². The summed E-state index contributed by atoms with van der Waals surface area (Å²) in [7, 11) is 0. The number of nitrogens with one attached hydrogen (secondary N) is 1. The van der Waals surface area contributed by atoms with E-state index in [4.69, 9.17) is 10.4 Å². The number of thioether (sulfide) groups is 1. The minimum absolute atomic E-state index is 0.0917. The van der Waals surface area contributed by atoms with Gasteiger partial charge in [-0.2, -0.15) is 5.26 Å². The largest absolute Gasteiger partial charge is 0.480 e. The number of amides is 1. The van der Waals surface area contributed by atoms with E-state index in [1.807, 2.05) is 6.07 Å². The molecule has 0 bridgehead atoms. The van der Waals surface area contributed by atoms with Gasteiger partial charge >= 0.3 is 5.97 Å². The third kappa shape index (κ3) is 6.57. The van der Waals surface area contributed by atoms with Crippen molar-refractivity contribution in [3.8, 4) is 6.07 Å². The molecule has 0 rings (SSSR count). The minimum atomic E-state index is -1.09. The van der Waals surface area contributed by atoms with Crippen LogP contribution in [0.3, 0.4) is 0 Å². The van der Waals surface area contributed by atoms with Crippen LogP contribution < -0.4 is 5.32 Å². The van der Waals surface area contributed by atoms with Crippen LogP contribution in [0.2, 0.25) is 0 Å². The standard InChI is InChI=1S/C9H12N2O3S/c1-2-3-7(9(13)14)11-8(12)6-15-5-4-10/h2,7H,1,3,5-6H2,(H,11,12)(H,13,14). The molecule has 15 heavy (non-hydrogen) atoms. The molecule has 1 unspecified atom stereocenters. The fraction of sp³-hybridized carbons (Fsp3) is 0.444. The van der Waals surface area contributed by atoms with E-state index < -0.39 is 12.0 Å². The zero-order chi connectivity index (χ0) is 11.7. The molecule has 1 atom stereocenters. The number of carboxylic acids is 1. The summed E-state index contributed by atoms with van der Waals surface area (Å²) in [6.07, 6.45) is 1.62. The Morgan fingerprint density at radius 3 is 2.80 bits per heavy atom. The number of carbonyl (C=O) groups is 2. The summed E-state index contributed by atoms with van der Waals surface area (Å²) in [6, 6.07) is 0.942. The molecule has 0 spiro atoms. The lowest BCUT2D eigenvalue weighted by Crippen LogP contribution is -2.41. The number of carbonyl (C=O) groups excluding carboxylic acids is 1. The number of nitrogens with zero attached hydrogens (tertiary/aromatic N) is 1. The van der Waals surface area contributed by atoms with Gasteiger partial charge < -0.3 is 10.4 Å². The second-order valence-electron chi connectivity index (χ2n) is 2.63. The normalized spacial score (nSPS) is 11.1. The van der Waals surface area contributed by atoms with Crippen LogP contribution in [0.15, 0.2) is 12.7 Å². The van der Waals surface area contributed by atoms with E-state index in [1.54, 1.807) is 0 Å². The molecular formula is C9H12N2O3S. The first kappa shape index (κ1) is 13.5. The Kier molecular flexibility index (Phi) is 7.10. The van der Waals surface area contributed by atoms with Crippen LogP contribution in [-0.2, 0) is 9.59 Å². The summed E-state index contributed by atoms with van der Waals surface area (Å²) in [5.41, 5.74) is 0. The zero-order valence-electron chi connectivity index (χ0n) is 8.10. The fourth-order valence-electron chi connectivity index (χ4n) is 0.814. The second-order valence-corrected chi connectivity index (χ2v) is 3.62. The first-order valence-corrected chi connectivity index (χ1v) is 5.35. The molecular weight excluding hydrogens is 216 g/mol. The number of rotatable bonds is 7. The van der Waals surface area contributed by atoms with Crippen LogP contribution in [0.5, 0.6) is 0 Å². The topological polar surface area (TPSA) is 90.2 Å². The van der Waals surface area contributed by atoms with Crippen molar-refractivity contribution in [1.82, 2.24) is 5.32 Å². The van der Waals surface area contributed by atoms with Crippen LogP contribution in [-0.4, -0.2) is 34.5 Å². The predicted molar refractivity (Wildman–Crippen MR) is 57.3 cm³/mol. The first-order chi connectivity index (χ1) is 7.11. The van der Waals surface area contributed by atoms with E-state index in [-0.39, 0.29) is 23.8 Å². The lowest BCUT2D eigenvalue weighted by atomic mass is 10.2. The van der Waals surface area contributed by atoms with Gasteiger partial charge in [0.2, 0.25) is 5.91 Å². The van der Waals surface area contributed by atoms with E-state index in [0.717, 1.165) is 11.8 Å². The lowest BCUT2D eigenvalue weighted by Gasteiger charge is -2.11. The van der Waals surface area contributed by atoms with Gasteiger partial charge in [0, 0.05) is 0 Å². The Morgan fingerprint density at radius 1 is 1.67 bits per heavy atom. The van der Waals surface area contributed by atoms with Gasteiger partial charge in [0.1, 0.15) is 6.04 Å². The number of nitriles is 1. The Morgan fingerprint density at radius 2 is 2.33 bits per heavy atom. The zero-order valence-corrected chi connectivity index (χ0v) is 8.92. The van der Waals surface area contributed by atoms with Crippen molar-refractivity contribution in [2.75, 3.05) is 11.5 Å². The van der Waals surface area contributed by atoms with Crippen LogP contribution in [0.4, 0.5) is 0 Å². The highest BCUT2D eigenvalue weighted by molar-refractivity contribution is 8.00. The third-order valence-electron chi connectivity index (χ3n) is 1.44. The van der Waals surface area contributed by atoms with Crippen molar-refractivity contribution in [1.29, 1.82) is 5.26 Å². The molecule has 0 aromatic heterocycles. The molecule has 0 aliphatic heterocycles. The first-order valence-electron chi connectivity index (χ1n) is 4.19. The van der Waals surface area contributed by atoms with Crippen molar-refractivity contribution in [3.05, 3.63) is 12.7 Å². The van der Waals surface area contributed by atoms with Gasteiger partial charge in [-0.05, 0) is 6.42 Å². The smallest absolute Gasteiger partial charge is 0.326 e. The number of hydrogen-bond acceptors (Lipinski definition) is 4. The second kappa shape index (κ2) is 7.88. The van der Waals surface area contributed by atoms with Crippen molar-refractivity contribution < 1.29 is 14.7 Å². The van der Waals surface area contributed by atoms with Gasteiger partial charge in [-0.25, -0.2) is 4.79 Å². The maximum atomic E-state index is 11.2. The van der Waals surface area contributed by atoms with E-state index in [9.17, 15) is 9.59 Å². The Labute approximate surface area is 92.2 Å². The van der Waals surface area contributed by atoms with Crippen LogP contribution in [0.1, 0.15) is 6.42 Å². The summed E-state index contributed by atoms with van der Waals surface area (Å²) < 4.78 is 0. The third-order valence-corrected chi connectivity index (χ3v) is 2.23. The van der Waals surface area contributed by atoms with Crippen molar-refractivity contribution >= 4 is 23.6 Å². The molecule has 0 radical (unpaired) electrons. The van der Waals surface area contributed by atoms with E-state index in [2.05, 4.69) is 11.9 Å². The fourth-order valence-corrected chi connectivity index (χ4v) is 1.28. The molecule has 0 aliphatic carbocycles. The van der Waals surface area contributed by atoms with Crippen LogP contribution in [0, 0.1) is 11.3 Å². The van der Waals surface area contributed by atoms with Crippen LogP contribution in [0.25, 0.3) is 0 Å². The van der Waals surface area contributed by atoms with Gasteiger partial charge in [-0.15, -0.1) is 18.3 Å². The molecule has 0 aromatic rings. The molecule has 0 fully saturated rings. The highest BCUT2D eigenvalue weighted by Crippen LogP contribution is 1.99. The summed E-state index contributed by atoms with van der Waals surface area (Å²) in [6.45, 7) is 3.40. The lowest BCUT2D eigenvalue weighted by molar-refractivity contribution is -0.141. The molecule has 0 heterocycles. The Balaban J connectivity index is 3.95. The molecule has 0 aliphatic rings. The minimum Gasteiger partial charge on any atom is -0.480 e. The number of carboxylic acid groups (broad SMARTS) is 1. The van der Waals surface area contributed by atoms with Gasteiger partial charge in [0.05, 0.1) is 17.6 Å². The molecule has 1 amide bonds. The van der Waals surface area contributed by atoms with Crippen LogP contribution >= 0.6 is 11.8 Å². The molecule has 2 N–H and O–H groups in total. The maximum Gasteiger partial charge on any atom is 0.326 e. The highest BCUT2D eigenvalue weighted by Gasteiger charge is 2.17. The molecule has 6 heteroatoms. The number of hydrogen-bond donors (Lipinski definition) is 2. The highest BCUT2D eigenvalue weighted by atomic mass is 32.2. The molecule has 0 aromatic carbocycles. The Bertz CT molecular complexity index is 286. The van der Waals surface area contributed by atoms with E-state index >= 15 is 0 Å².